The van der Waals surface area contributed by atoms with Crippen LogP contribution in [-0.2, 0) is 4.79 Å². The number of rotatable bonds is 6. The molecule has 0 aliphatic heterocycles. The Hall–Kier alpha value is -1.95. The zero-order valence-corrected chi connectivity index (χ0v) is 11.9. The summed E-state index contributed by atoms with van der Waals surface area (Å²) in [5.74, 6) is -0.711. The van der Waals surface area contributed by atoms with Crippen molar-refractivity contribution in [3.05, 3.63) is 39.9 Å². The molecule has 110 valence electrons. The van der Waals surface area contributed by atoms with E-state index in [0.29, 0.717) is 12.0 Å². The van der Waals surface area contributed by atoms with Crippen LogP contribution in [0.5, 0.6) is 0 Å². The monoisotopic (exact) mass is 280 g/mol. The van der Waals surface area contributed by atoms with E-state index in [1.165, 1.54) is 12.1 Å². The van der Waals surface area contributed by atoms with Crippen molar-refractivity contribution in [2.75, 3.05) is 6.61 Å². The lowest BCUT2D eigenvalue weighted by Crippen LogP contribution is -2.45. The van der Waals surface area contributed by atoms with Crippen LogP contribution in [0.25, 0.3) is 0 Å². The van der Waals surface area contributed by atoms with Crippen LogP contribution in [0, 0.1) is 10.1 Å². The number of nitrogens with one attached hydrogen (secondary N) is 1. The Bertz CT molecular complexity index is 500. The highest BCUT2D eigenvalue weighted by Crippen LogP contribution is 2.22. The van der Waals surface area contributed by atoms with E-state index in [1.54, 1.807) is 19.1 Å². The summed E-state index contributed by atoms with van der Waals surface area (Å²) in [4.78, 5) is 22.4. The molecule has 1 aromatic carbocycles. The van der Waals surface area contributed by atoms with Gasteiger partial charge in [0.1, 0.15) is 0 Å². The summed E-state index contributed by atoms with van der Waals surface area (Å²) in [5, 5.41) is 22.5. The van der Waals surface area contributed by atoms with Gasteiger partial charge in [-0.15, -0.1) is 0 Å². The first-order valence-electron chi connectivity index (χ1n) is 6.44. The summed E-state index contributed by atoms with van der Waals surface area (Å²) in [5.41, 5.74) is 0.0501. The summed E-state index contributed by atoms with van der Waals surface area (Å²) < 4.78 is 0. The summed E-state index contributed by atoms with van der Waals surface area (Å²) >= 11 is 0. The number of carbonyl (C=O) groups is 1. The second kappa shape index (κ2) is 6.47. The van der Waals surface area contributed by atoms with E-state index in [2.05, 4.69) is 5.32 Å². The SMILES string of the molecule is CC(C(=O)NC(C)(C)CCO)c1cccc([N+](=O)[O-])c1. The molecule has 1 aromatic rings. The van der Waals surface area contributed by atoms with Crippen molar-refractivity contribution in [3.8, 4) is 0 Å². The quantitative estimate of drug-likeness (QED) is 0.615. The van der Waals surface area contributed by atoms with E-state index in [1.807, 2.05) is 13.8 Å². The van der Waals surface area contributed by atoms with Crippen LogP contribution in [0.15, 0.2) is 24.3 Å². The lowest BCUT2D eigenvalue weighted by atomic mass is 9.96. The molecule has 0 aromatic heterocycles. The highest BCUT2D eigenvalue weighted by molar-refractivity contribution is 5.84. The van der Waals surface area contributed by atoms with E-state index in [9.17, 15) is 14.9 Å². The molecule has 1 unspecified atom stereocenters. The first-order chi connectivity index (χ1) is 9.26. The molecule has 6 nitrogen and oxygen atoms in total. The number of hydrogen-bond donors (Lipinski definition) is 2. The topological polar surface area (TPSA) is 92.5 Å². The number of carbonyl (C=O) groups excluding carboxylic acids is 1. The van der Waals surface area contributed by atoms with Crippen molar-refractivity contribution in [3.63, 3.8) is 0 Å². The molecule has 0 heterocycles. The highest BCUT2D eigenvalue weighted by Gasteiger charge is 2.24. The number of aliphatic hydroxyl groups is 1. The van der Waals surface area contributed by atoms with E-state index in [-0.39, 0.29) is 18.2 Å². The van der Waals surface area contributed by atoms with Gasteiger partial charge in [0, 0.05) is 24.3 Å². The standard InChI is InChI=1S/C14H20N2O4/c1-10(13(18)15-14(2,3)7-8-17)11-5-4-6-12(9-11)16(19)20/h4-6,9-10,17H,7-8H2,1-3H3,(H,15,18). The van der Waals surface area contributed by atoms with Crippen molar-refractivity contribution in [1.82, 2.24) is 5.32 Å². The minimum absolute atomic E-state index is 0.0154. The smallest absolute Gasteiger partial charge is 0.269 e. The van der Waals surface area contributed by atoms with Crippen LogP contribution in [0.3, 0.4) is 0 Å². The average Bonchev–Trinajstić information content (AvgIpc) is 2.37. The molecule has 20 heavy (non-hydrogen) atoms. The van der Waals surface area contributed by atoms with Crippen LogP contribution >= 0.6 is 0 Å². The second-order valence-corrected chi connectivity index (χ2v) is 5.42. The maximum atomic E-state index is 12.2. The largest absolute Gasteiger partial charge is 0.396 e. The molecule has 0 radical (unpaired) electrons. The Morgan fingerprint density at radius 2 is 2.15 bits per heavy atom. The second-order valence-electron chi connectivity index (χ2n) is 5.42. The predicted molar refractivity (Wildman–Crippen MR) is 75.4 cm³/mol. The third-order valence-electron chi connectivity index (χ3n) is 3.17. The van der Waals surface area contributed by atoms with Crippen LogP contribution in [0.1, 0.15) is 38.7 Å². The number of benzene rings is 1. The molecular weight excluding hydrogens is 260 g/mol. The fourth-order valence-corrected chi connectivity index (χ4v) is 1.84. The maximum Gasteiger partial charge on any atom is 0.269 e. The summed E-state index contributed by atoms with van der Waals surface area (Å²) in [6.07, 6.45) is 0.445. The van der Waals surface area contributed by atoms with Gasteiger partial charge in [-0.2, -0.15) is 0 Å². The maximum absolute atomic E-state index is 12.2. The van der Waals surface area contributed by atoms with E-state index in [4.69, 9.17) is 5.11 Å². The van der Waals surface area contributed by atoms with Gasteiger partial charge in [-0.05, 0) is 32.8 Å². The fraction of sp³-hybridized carbons (Fsp3) is 0.500. The normalized spacial score (nSPS) is 12.8. The fourth-order valence-electron chi connectivity index (χ4n) is 1.84. The molecule has 0 aliphatic rings. The Labute approximate surface area is 118 Å². The molecule has 1 atom stereocenters. The van der Waals surface area contributed by atoms with Gasteiger partial charge < -0.3 is 10.4 Å². The van der Waals surface area contributed by atoms with Crippen LogP contribution in [-0.4, -0.2) is 28.1 Å². The Kier molecular flexibility index (Phi) is 5.21. The van der Waals surface area contributed by atoms with Crippen molar-refractivity contribution in [1.29, 1.82) is 0 Å². The molecule has 0 saturated heterocycles. The van der Waals surface area contributed by atoms with Gasteiger partial charge in [0.25, 0.3) is 5.69 Å². The zero-order valence-electron chi connectivity index (χ0n) is 11.9. The predicted octanol–water partition coefficient (Wildman–Crippen LogP) is 1.98. The molecule has 1 rings (SSSR count). The van der Waals surface area contributed by atoms with Gasteiger partial charge in [0.05, 0.1) is 10.8 Å². The van der Waals surface area contributed by atoms with Crippen molar-refractivity contribution in [2.45, 2.75) is 38.6 Å². The van der Waals surface area contributed by atoms with Gasteiger partial charge in [-0.25, -0.2) is 0 Å². The number of aliphatic hydroxyl groups excluding tert-OH is 1. The third kappa shape index (κ3) is 4.31. The van der Waals surface area contributed by atoms with Gasteiger partial charge in [-0.3, -0.25) is 14.9 Å². The van der Waals surface area contributed by atoms with Crippen molar-refractivity contribution >= 4 is 11.6 Å². The number of non-ortho nitro benzene ring substituents is 1. The lowest BCUT2D eigenvalue weighted by molar-refractivity contribution is -0.384. The molecule has 1 amide bonds. The molecule has 6 heteroatoms. The molecule has 0 bridgehead atoms. The molecule has 0 saturated carbocycles. The summed E-state index contributed by atoms with van der Waals surface area (Å²) in [6.45, 7) is 5.32. The Morgan fingerprint density at radius 1 is 1.50 bits per heavy atom. The molecule has 0 spiro atoms. The third-order valence-corrected chi connectivity index (χ3v) is 3.17. The first kappa shape index (κ1) is 16.1. The van der Waals surface area contributed by atoms with Crippen molar-refractivity contribution in [2.24, 2.45) is 0 Å². The van der Waals surface area contributed by atoms with Crippen molar-refractivity contribution < 1.29 is 14.8 Å². The number of hydrogen-bond acceptors (Lipinski definition) is 4. The first-order valence-corrected chi connectivity index (χ1v) is 6.44. The lowest BCUT2D eigenvalue weighted by Gasteiger charge is -2.27. The zero-order chi connectivity index (χ0) is 15.3. The van der Waals surface area contributed by atoms with Gasteiger partial charge in [0.2, 0.25) is 5.91 Å². The van der Waals surface area contributed by atoms with Gasteiger partial charge in [0.15, 0.2) is 0 Å². The summed E-state index contributed by atoms with van der Waals surface area (Å²) in [6, 6.07) is 6.06. The highest BCUT2D eigenvalue weighted by atomic mass is 16.6. The van der Waals surface area contributed by atoms with Crippen LogP contribution in [0.2, 0.25) is 0 Å². The van der Waals surface area contributed by atoms with E-state index >= 15 is 0 Å². The minimum atomic E-state index is -0.513. The molecular formula is C14H20N2O4. The van der Waals surface area contributed by atoms with Gasteiger partial charge >= 0.3 is 0 Å². The number of nitro groups is 1. The summed E-state index contributed by atoms with van der Waals surface area (Å²) in [7, 11) is 0. The number of amides is 1. The average molecular weight is 280 g/mol. The number of nitrogens with zero attached hydrogens (tertiary/aromatic N) is 1. The number of nitro benzene ring substituents is 1. The molecule has 0 fully saturated rings. The Balaban J connectivity index is 2.84. The molecule has 2 N–H and O–H groups in total. The van der Waals surface area contributed by atoms with E-state index in [0.717, 1.165) is 0 Å². The molecule has 0 aliphatic carbocycles. The van der Waals surface area contributed by atoms with Crippen LogP contribution < -0.4 is 5.32 Å². The van der Waals surface area contributed by atoms with E-state index < -0.39 is 16.4 Å². The van der Waals surface area contributed by atoms with Crippen LogP contribution in [0.4, 0.5) is 5.69 Å². The Morgan fingerprint density at radius 3 is 2.70 bits per heavy atom. The minimum Gasteiger partial charge on any atom is -0.396 e. The van der Waals surface area contributed by atoms with Gasteiger partial charge in [-0.1, -0.05) is 12.1 Å².